The maximum Gasteiger partial charge on any atom is 0.320 e. The van der Waals surface area contributed by atoms with Crippen LogP contribution in [0.4, 0.5) is 5.69 Å². The minimum absolute atomic E-state index is 0.0228. The molecule has 0 radical (unpaired) electrons. The molecule has 2 atom stereocenters. The fourth-order valence-corrected chi connectivity index (χ4v) is 2.21. The Labute approximate surface area is 151 Å². The summed E-state index contributed by atoms with van der Waals surface area (Å²) in [6.45, 7) is 0.114. The minimum Gasteiger partial charge on any atom is -0.491 e. The number of carbonyl (C=O) groups is 2. The first-order valence-corrected chi connectivity index (χ1v) is 8.20. The third-order valence-corrected chi connectivity index (χ3v) is 3.73. The van der Waals surface area contributed by atoms with E-state index in [4.69, 9.17) is 15.6 Å². The lowest BCUT2D eigenvalue weighted by Crippen LogP contribution is -2.31. The lowest BCUT2D eigenvalue weighted by Gasteiger charge is -2.13. The van der Waals surface area contributed by atoms with Gasteiger partial charge in [-0.25, -0.2) is 0 Å². The number of benzene rings is 2. The zero-order chi connectivity index (χ0) is 18.9. The van der Waals surface area contributed by atoms with Crippen molar-refractivity contribution in [2.45, 2.75) is 25.0 Å². The number of aliphatic hydroxyl groups excluding tert-OH is 1. The van der Waals surface area contributed by atoms with Crippen molar-refractivity contribution >= 4 is 17.6 Å². The van der Waals surface area contributed by atoms with Crippen molar-refractivity contribution < 1.29 is 24.5 Å². The molecule has 2 aromatic rings. The van der Waals surface area contributed by atoms with Crippen LogP contribution in [0.25, 0.3) is 0 Å². The molecule has 0 bridgehead atoms. The topological polar surface area (TPSA) is 122 Å². The first kappa shape index (κ1) is 19.4. The predicted octanol–water partition coefficient (Wildman–Crippen LogP) is 1.93. The van der Waals surface area contributed by atoms with Crippen LogP contribution in [0.15, 0.2) is 54.6 Å². The highest BCUT2D eigenvalue weighted by atomic mass is 16.5. The molecule has 1 unspecified atom stereocenters. The van der Waals surface area contributed by atoms with E-state index in [1.165, 1.54) is 0 Å². The van der Waals surface area contributed by atoms with E-state index in [1.807, 2.05) is 30.3 Å². The van der Waals surface area contributed by atoms with Crippen LogP contribution in [0.5, 0.6) is 5.75 Å². The van der Waals surface area contributed by atoms with Crippen LogP contribution in [0, 0.1) is 0 Å². The van der Waals surface area contributed by atoms with Crippen molar-refractivity contribution in [2.75, 3.05) is 11.9 Å². The number of anilines is 1. The number of nitrogens with two attached hydrogens (primary N) is 1. The second-order valence-corrected chi connectivity index (χ2v) is 5.79. The molecule has 0 aliphatic heterocycles. The number of carboxylic acid groups (broad SMARTS) is 1. The van der Waals surface area contributed by atoms with Crippen LogP contribution < -0.4 is 15.8 Å². The number of aliphatic hydroxyl groups is 1. The van der Waals surface area contributed by atoms with Gasteiger partial charge in [0.2, 0.25) is 5.91 Å². The van der Waals surface area contributed by atoms with E-state index in [-0.39, 0.29) is 25.4 Å². The van der Waals surface area contributed by atoms with Gasteiger partial charge in [-0.2, -0.15) is 0 Å². The smallest absolute Gasteiger partial charge is 0.320 e. The molecule has 0 aromatic heterocycles. The molecule has 0 aliphatic carbocycles. The average molecular weight is 358 g/mol. The summed E-state index contributed by atoms with van der Waals surface area (Å²) < 4.78 is 5.54. The molecule has 138 valence electrons. The van der Waals surface area contributed by atoms with Crippen molar-refractivity contribution in [3.8, 4) is 5.75 Å². The molecule has 0 spiro atoms. The summed E-state index contributed by atoms with van der Waals surface area (Å²) in [4.78, 5) is 22.4. The van der Waals surface area contributed by atoms with Crippen LogP contribution in [-0.4, -0.2) is 34.7 Å². The van der Waals surface area contributed by atoms with Gasteiger partial charge in [0.15, 0.2) is 0 Å². The maximum atomic E-state index is 11.8. The van der Waals surface area contributed by atoms with E-state index in [9.17, 15) is 14.7 Å². The molecule has 0 saturated heterocycles. The Hall–Kier alpha value is -2.90. The second kappa shape index (κ2) is 9.55. The maximum absolute atomic E-state index is 11.8. The summed E-state index contributed by atoms with van der Waals surface area (Å²) in [7, 11) is 0. The summed E-state index contributed by atoms with van der Waals surface area (Å²) in [6.07, 6.45) is -0.636. The predicted molar refractivity (Wildman–Crippen MR) is 96.8 cm³/mol. The lowest BCUT2D eigenvalue weighted by atomic mass is 10.1. The zero-order valence-corrected chi connectivity index (χ0v) is 14.2. The molecule has 2 aromatic carbocycles. The highest BCUT2D eigenvalue weighted by Gasteiger charge is 2.13. The van der Waals surface area contributed by atoms with Crippen LogP contribution in [0.3, 0.4) is 0 Å². The third-order valence-electron chi connectivity index (χ3n) is 3.73. The van der Waals surface area contributed by atoms with Gasteiger partial charge in [0, 0.05) is 12.1 Å². The van der Waals surface area contributed by atoms with Crippen LogP contribution in [0.1, 0.15) is 24.5 Å². The summed E-state index contributed by atoms with van der Waals surface area (Å²) in [5, 5.41) is 21.4. The van der Waals surface area contributed by atoms with Crippen molar-refractivity contribution in [1.82, 2.24) is 0 Å². The quantitative estimate of drug-likeness (QED) is 0.543. The Morgan fingerprint density at radius 2 is 1.73 bits per heavy atom. The van der Waals surface area contributed by atoms with Gasteiger partial charge in [0.25, 0.3) is 0 Å². The SMILES string of the molecule is N[C@@H](CCC(=O)Nc1ccc(OCC(O)c2ccccc2)cc1)C(=O)O. The monoisotopic (exact) mass is 358 g/mol. The molecule has 7 nitrogen and oxygen atoms in total. The third kappa shape index (κ3) is 6.19. The molecule has 26 heavy (non-hydrogen) atoms. The largest absolute Gasteiger partial charge is 0.491 e. The Morgan fingerprint density at radius 3 is 2.35 bits per heavy atom. The van der Waals surface area contributed by atoms with E-state index in [2.05, 4.69) is 5.32 Å². The summed E-state index contributed by atoms with van der Waals surface area (Å²) in [5.74, 6) is -0.877. The van der Waals surface area contributed by atoms with E-state index >= 15 is 0 Å². The van der Waals surface area contributed by atoms with Crippen LogP contribution in [0.2, 0.25) is 0 Å². The fourth-order valence-electron chi connectivity index (χ4n) is 2.21. The number of nitrogens with one attached hydrogen (secondary N) is 1. The van der Waals surface area contributed by atoms with E-state index in [1.54, 1.807) is 24.3 Å². The number of amides is 1. The summed E-state index contributed by atoms with van der Waals surface area (Å²) >= 11 is 0. The number of ether oxygens (including phenoxy) is 1. The van der Waals surface area contributed by atoms with E-state index < -0.39 is 18.1 Å². The highest BCUT2D eigenvalue weighted by molar-refractivity contribution is 5.91. The molecule has 0 heterocycles. The normalized spacial score (nSPS) is 12.8. The number of aliphatic carboxylic acids is 1. The standard InChI is InChI=1S/C19H22N2O5/c20-16(19(24)25)10-11-18(23)21-14-6-8-15(9-7-14)26-12-17(22)13-4-2-1-3-5-13/h1-9,16-17,22H,10-12,20H2,(H,21,23)(H,24,25)/t16-,17?/m0/s1. The number of hydrogen-bond acceptors (Lipinski definition) is 5. The molecule has 0 saturated carbocycles. The number of rotatable bonds is 9. The Morgan fingerprint density at radius 1 is 1.08 bits per heavy atom. The Kier molecular flexibility index (Phi) is 7.13. The average Bonchev–Trinajstić information content (AvgIpc) is 2.65. The van der Waals surface area contributed by atoms with Gasteiger partial charge in [0.1, 0.15) is 24.5 Å². The molecule has 2 rings (SSSR count). The van der Waals surface area contributed by atoms with Gasteiger partial charge in [-0.15, -0.1) is 0 Å². The molecule has 7 heteroatoms. The first-order chi connectivity index (χ1) is 12.5. The minimum atomic E-state index is -1.13. The zero-order valence-electron chi connectivity index (χ0n) is 14.2. The second-order valence-electron chi connectivity index (χ2n) is 5.79. The van der Waals surface area contributed by atoms with Crippen molar-refractivity contribution in [1.29, 1.82) is 0 Å². The van der Waals surface area contributed by atoms with Gasteiger partial charge in [-0.05, 0) is 36.2 Å². The van der Waals surface area contributed by atoms with E-state index in [0.717, 1.165) is 5.56 Å². The Bertz CT molecular complexity index is 718. The van der Waals surface area contributed by atoms with Gasteiger partial charge in [-0.3, -0.25) is 9.59 Å². The van der Waals surface area contributed by atoms with Gasteiger partial charge < -0.3 is 26.0 Å². The lowest BCUT2D eigenvalue weighted by molar-refractivity contribution is -0.138. The summed E-state index contributed by atoms with van der Waals surface area (Å²) in [5.41, 5.74) is 6.70. The number of carbonyl (C=O) groups excluding carboxylic acids is 1. The molecular formula is C19H22N2O5. The molecule has 5 N–H and O–H groups in total. The molecule has 0 fully saturated rings. The molecule has 0 aliphatic rings. The first-order valence-electron chi connectivity index (χ1n) is 8.20. The van der Waals surface area contributed by atoms with Crippen molar-refractivity contribution in [3.05, 3.63) is 60.2 Å². The molecular weight excluding hydrogens is 336 g/mol. The Balaban J connectivity index is 1.79. The van der Waals surface area contributed by atoms with Crippen molar-refractivity contribution in [3.63, 3.8) is 0 Å². The van der Waals surface area contributed by atoms with Crippen LogP contribution >= 0.6 is 0 Å². The fraction of sp³-hybridized carbons (Fsp3) is 0.263. The number of hydrogen-bond donors (Lipinski definition) is 4. The highest BCUT2D eigenvalue weighted by Crippen LogP contribution is 2.19. The van der Waals surface area contributed by atoms with Gasteiger partial charge in [0.05, 0.1) is 0 Å². The van der Waals surface area contributed by atoms with Crippen LogP contribution in [-0.2, 0) is 9.59 Å². The molecule has 1 amide bonds. The summed E-state index contributed by atoms with van der Waals surface area (Å²) in [6, 6.07) is 14.8. The van der Waals surface area contributed by atoms with Crippen molar-refractivity contribution in [2.24, 2.45) is 5.73 Å². The van der Waals surface area contributed by atoms with Gasteiger partial charge in [-0.1, -0.05) is 30.3 Å². The van der Waals surface area contributed by atoms with Gasteiger partial charge >= 0.3 is 5.97 Å². The van der Waals surface area contributed by atoms with E-state index in [0.29, 0.717) is 11.4 Å². The number of carboxylic acids is 1.